The molecule has 0 aliphatic carbocycles. The van der Waals surface area contributed by atoms with Crippen molar-refractivity contribution in [3.05, 3.63) is 76.4 Å². The number of aryl methyl sites for hydroxylation is 1. The van der Waals surface area contributed by atoms with Crippen molar-refractivity contribution in [2.45, 2.75) is 50.7 Å². The lowest BCUT2D eigenvalue weighted by Crippen LogP contribution is -2.44. The molecule has 0 saturated carbocycles. The van der Waals surface area contributed by atoms with Gasteiger partial charge in [0.1, 0.15) is 11.6 Å². The van der Waals surface area contributed by atoms with Crippen LogP contribution >= 0.6 is 0 Å². The van der Waals surface area contributed by atoms with Crippen LogP contribution in [-0.4, -0.2) is 18.8 Å². The molecule has 0 spiro atoms. The zero-order valence-corrected chi connectivity index (χ0v) is 18.4. The first kappa shape index (κ1) is 25.2. The normalized spacial score (nSPS) is 18.8. The lowest BCUT2D eigenvalue weighted by atomic mass is 9.89. The Morgan fingerprint density at radius 3 is 2.29 bits per heavy atom. The molecule has 188 valence electrons. The summed E-state index contributed by atoms with van der Waals surface area (Å²) in [6.07, 6.45) is -5.06. The third-order valence-corrected chi connectivity index (χ3v) is 6.05. The van der Waals surface area contributed by atoms with Gasteiger partial charge in [0.2, 0.25) is 0 Å². The second-order valence-electron chi connectivity index (χ2n) is 8.44. The fraction of sp³-hybridized carbons (Fsp3) is 0.360. The van der Waals surface area contributed by atoms with Gasteiger partial charge in [-0.1, -0.05) is 25.5 Å². The first-order valence-electron chi connectivity index (χ1n) is 10.9. The average Bonchev–Trinajstić information content (AvgIpc) is 2.80. The summed E-state index contributed by atoms with van der Waals surface area (Å²) >= 11 is 0. The molecule has 0 bridgehead atoms. The van der Waals surface area contributed by atoms with Gasteiger partial charge in [0.05, 0.1) is 12.0 Å². The van der Waals surface area contributed by atoms with Gasteiger partial charge < -0.3 is 9.47 Å². The second-order valence-corrected chi connectivity index (χ2v) is 8.44. The number of ether oxygens (including phenoxy) is 2. The standard InChI is InChI=1S/C25H20F8O2/c1-2-3-12-4-6-16(22(29)21(12)28)13-5-7-19(34-11-13)25(32,33)35-15-8-14-9-18(27)23(30)24(31)20(14)17(26)10-15/h4,6,8-10,13,19H,2-3,5,7,11H2,1H3. The summed E-state index contributed by atoms with van der Waals surface area (Å²) in [5.41, 5.74) is 0.256. The molecule has 10 heteroatoms. The number of fused-ring (bicyclic) bond motifs is 1. The van der Waals surface area contributed by atoms with Crippen molar-refractivity contribution in [3.8, 4) is 5.75 Å². The van der Waals surface area contributed by atoms with Crippen LogP contribution in [0.5, 0.6) is 5.75 Å². The summed E-state index contributed by atoms with van der Waals surface area (Å²) in [7, 11) is 0. The lowest BCUT2D eigenvalue weighted by Gasteiger charge is -2.33. The molecule has 1 saturated heterocycles. The van der Waals surface area contributed by atoms with Gasteiger partial charge in [0.15, 0.2) is 35.2 Å². The molecular formula is C25H20F8O2. The van der Waals surface area contributed by atoms with Gasteiger partial charge in [-0.05, 0) is 47.9 Å². The number of hydrogen-bond acceptors (Lipinski definition) is 2. The highest BCUT2D eigenvalue weighted by Crippen LogP contribution is 2.39. The monoisotopic (exact) mass is 504 g/mol. The van der Waals surface area contributed by atoms with E-state index in [0.717, 1.165) is 6.07 Å². The molecule has 0 radical (unpaired) electrons. The quantitative estimate of drug-likeness (QED) is 0.255. The molecule has 0 amide bonds. The van der Waals surface area contributed by atoms with Crippen LogP contribution in [-0.2, 0) is 11.2 Å². The van der Waals surface area contributed by atoms with E-state index in [1.165, 1.54) is 12.1 Å². The third-order valence-electron chi connectivity index (χ3n) is 6.05. The molecule has 3 aromatic rings. The maximum absolute atomic E-state index is 14.7. The molecule has 2 atom stereocenters. The number of benzene rings is 3. The maximum Gasteiger partial charge on any atom is 0.424 e. The number of halogens is 8. The summed E-state index contributed by atoms with van der Waals surface area (Å²) in [6.45, 7) is 1.49. The number of alkyl halides is 2. The van der Waals surface area contributed by atoms with Crippen LogP contribution in [0.25, 0.3) is 10.8 Å². The Hall–Kier alpha value is -2.88. The first-order valence-corrected chi connectivity index (χ1v) is 10.9. The van der Waals surface area contributed by atoms with Crippen LogP contribution in [0.4, 0.5) is 35.1 Å². The van der Waals surface area contributed by atoms with Crippen LogP contribution in [0.2, 0.25) is 0 Å². The van der Waals surface area contributed by atoms with E-state index < -0.39 is 69.6 Å². The van der Waals surface area contributed by atoms with E-state index in [4.69, 9.17) is 4.74 Å². The van der Waals surface area contributed by atoms with Crippen molar-refractivity contribution in [1.82, 2.24) is 0 Å². The second kappa shape index (κ2) is 9.64. The Labute approximate surface area is 195 Å². The van der Waals surface area contributed by atoms with Gasteiger partial charge in [-0.2, -0.15) is 8.78 Å². The number of rotatable bonds is 6. The van der Waals surface area contributed by atoms with Crippen molar-refractivity contribution >= 4 is 10.8 Å². The highest BCUT2D eigenvalue weighted by atomic mass is 19.3. The highest BCUT2D eigenvalue weighted by Gasteiger charge is 2.46. The minimum atomic E-state index is -3.99. The minimum absolute atomic E-state index is 0.0259. The van der Waals surface area contributed by atoms with Crippen molar-refractivity contribution in [3.63, 3.8) is 0 Å². The molecular weight excluding hydrogens is 484 g/mol. The van der Waals surface area contributed by atoms with E-state index in [1.54, 1.807) is 0 Å². The molecule has 0 aromatic heterocycles. The topological polar surface area (TPSA) is 18.5 Å². The molecule has 1 heterocycles. The molecule has 4 rings (SSSR count). The van der Waals surface area contributed by atoms with Crippen molar-refractivity contribution in [2.75, 3.05) is 6.61 Å². The minimum Gasteiger partial charge on any atom is -0.431 e. The molecule has 1 fully saturated rings. The number of hydrogen-bond donors (Lipinski definition) is 0. The van der Waals surface area contributed by atoms with Crippen molar-refractivity contribution in [2.24, 2.45) is 0 Å². The molecule has 0 N–H and O–H groups in total. The SMILES string of the molecule is CCCc1ccc(C2CCC(C(F)(F)Oc3cc(F)c4c(F)c(F)c(F)cc4c3)OC2)c(F)c1F. The fourth-order valence-corrected chi connectivity index (χ4v) is 4.29. The Bertz CT molecular complexity index is 1250. The van der Waals surface area contributed by atoms with Crippen molar-refractivity contribution in [1.29, 1.82) is 0 Å². The molecule has 2 unspecified atom stereocenters. The van der Waals surface area contributed by atoms with Crippen LogP contribution in [0, 0.1) is 34.9 Å². The van der Waals surface area contributed by atoms with E-state index in [-0.39, 0.29) is 30.6 Å². The smallest absolute Gasteiger partial charge is 0.424 e. The molecule has 1 aliphatic heterocycles. The van der Waals surface area contributed by atoms with Gasteiger partial charge in [-0.25, -0.2) is 26.3 Å². The zero-order chi connectivity index (χ0) is 25.5. The summed E-state index contributed by atoms with van der Waals surface area (Å²) in [5.74, 6) is -10.1. The van der Waals surface area contributed by atoms with Gasteiger partial charge in [-0.15, -0.1) is 0 Å². The Morgan fingerprint density at radius 1 is 0.886 bits per heavy atom. The third kappa shape index (κ3) is 4.80. The Morgan fingerprint density at radius 2 is 1.63 bits per heavy atom. The molecule has 3 aromatic carbocycles. The lowest BCUT2D eigenvalue weighted by molar-refractivity contribution is -0.262. The maximum atomic E-state index is 14.7. The van der Waals surface area contributed by atoms with Crippen LogP contribution in [0.1, 0.15) is 43.2 Å². The molecule has 2 nitrogen and oxygen atoms in total. The van der Waals surface area contributed by atoms with Gasteiger partial charge in [0, 0.05) is 12.0 Å². The fourth-order valence-electron chi connectivity index (χ4n) is 4.29. The first-order chi connectivity index (χ1) is 16.5. The highest BCUT2D eigenvalue weighted by molar-refractivity contribution is 5.85. The summed E-state index contributed by atoms with van der Waals surface area (Å²) in [5, 5.41) is -1.42. The van der Waals surface area contributed by atoms with E-state index >= 15 is 0 Å². The summed E-state index contributed by atoms with van der Waals surface area (Å²) in [4.78, 5) is 0. The largest absolute Gasteiger partial charge is 0.431 e. The van der Waals surface area contributed by atoms with E-state index in [0.29, 0.717) is 25.0 Å². The van der Waals surface area contributed by atoms with Gasteiger partial charge in [0.25, 0.3) is 0 Å². The average molecular weight is 504 g/mol. The van der Waals surface area contributed by atoms with Gasteiger partial charge >= 0.3 is 6.11 Å². The van der Waals surface area contributed by atoms with Crippen molar-refractivity contribution < 1.29 is 44.6 Å². The van der Waals surface area contributed by atoms with Crippen LogP contribution in [0.3, 0.4) is 0 Å². The van der Waals surface area contributed by atoms with E-state index in [1.807, 2.05) is 6.92 Å². The van der Waals surface area contributed by atoms with Crippen LogP contribution in [0.15, 0.2) is 30.3 Å². The molecule has 35 heavy (non-hydrogen) atoms. The predicted octanol–water partition coefficient (Wildman–Crippen LogP) is 7.56. The summed E-state index contributed by atoms with van der Waals surface area (Å²) < 4.78 is 123. The van der Waals surface area contributed by atoms with Crippen LogP contribution < -0.4 is 4.74 Å². The Kier molecular flexibility index (Phi) is 6.95. The zero-order valence-electron chi connectivity index (χ0n) is 18.4. The molecule has 1 aliphatic rings. The van der Waals surface area contributed by atoms with Gasteiger partial charge in [-0.3, -0.25) is 0 Å². The van der Waals surface area contributed by atoms with E-state index in [9.17, 15) is 35.1 Å². The Balaban J connectivity index is 1.49. The summed E-state index contributed by atoms with van der Waals surface area (Å²) in [6, 6.07) is 4.53. The van der Waals surface area contributed by atoms with E-state index in [2.05, 4.69) is 4.74 Å². The predicted molar refractivity (Wildman–Crippen MR) is 111 cm³/mol.